The van der Waals surface area contributed by atoms with E-state index in [0.717, 1.165) is 24.8 Å². The van der Waals surface area contributed by atoms with E-state index in [4.69, 9.17) is 9.47 Å². The molecule has 0 spiro atoms. The van der Waals surface area contributed by atoms with Crippen molar-refractivity contribution in [2.75, 3.05) is 18.5 Å². The molecule has 0 fully saturated rings. The average molecular weight is 311 g/mol. The molecule has 1 heterocycles. The predicted octanol–water partition coefficient (Wildman–Crippen LogP) is 2.78. The third kappa shape index (κ3) is 3.83. The number of carbonyl (C=O) groups excluding carboxylic acids is 2. The number of anilines is 1. The fourth-order valence-electron chi connectivity index (χ4n) is 2.32. The summed E-state index contributed by atoms with van der Waals surface area (Å²) in [5.41, 5.74) is 1.57. The van der Waals surface area contributed by atoms with Gasteiger partial charge in [-0.15, -0.1) is 11.3 Å². The maximum absolute atomic E-state index is 12.1. The Balaban J connectivity index is 2.15. The van der Waals surface area contributed by atoms with E-state index in [2.05, 4.69) is 5.32 Å². The zero-order valence-corrected chi connectivity index (χ0v) is 13.5. The van der Waals surface area contributed by atoms with Gasteiger partial charge in [-0.05, 0) is 45.6 Å². The summed E-state index contributed by atoms with van der Waals surface area (Å²) in [5.74, 6) is -0.592. The van der Waals surface area contributed by atoms with Gasteiger partial charge in [0.1, 0.15) is 11.6 Å². The van der Waals surface area contributed by atoms with Crippen molar-refractivity contribution in [2.24, 2.45) is 0 Å². The van der Waals surface area contributed by atoms with E-state index in [0.29, 0.717) is 17.2 Å². The number of ether oxygens (including phenoxy) is 2. The van der Waals surface area contributed by atoms with E-state index in [1.165, 1.54) is 16.2 Å². The Morgan fingerprint density at radius 3 is 2.76 bits per heavy atom. The monoisotopic (exact) mass is 311 g/mol. The van der Waals surface area contributed by atoms with Crippen LogP contribution in [0.4, 0.5) is 5.00 Å². The largest absolute Gasteiger partial charge is 0.462 e. The molecule has 0 atom stereocenters. The molecule has 0 aliphatic heterocycles. The molecule has 21 heavy (non-hydrogen) atoms. The Morgan fingerprint density at radius 1 is 1.33 bits per heavy atom. The van der Waals surface area contributed by atoms with Gasteiger partial charge in [-0.3, -0.25) is 4.79 Å². The van der Waals surface area contributed by atoms with Crippen LogP contribution in [0.5, 0.6) is 0 Å². The lowest BCUT2D eigenvalue weighted by molar-refractivity contribution is -0.121. The van der Waals surface area contributed by atoms with E-state index in [1.807, 2.05) is 13.8 Å². The highest BCUT2D eigenvalue weighted by Gasteiger charge is 2.28. The topological polar surface area (TPSA) is 64.6 Å². The molecule has 0 bridgehead atoms. The van der Waals surface area contributed by atoms with Crippen LogP contribution in [0, 0.1) is 0 Å². The van der Waals surface area contributed by atoms with Crippen molar-refractivity contribution in [3.05, 3.63) is 16.0 Å². The number of hydrogen-bond donors (Lipinski definition) is 1. The Hall–Kier alpha value is -1.40. The quantitative estimate of drug-likeness (QED) is 0.821. The molecular weight excluding hydrogens is 290 g/mol. The molecule has 1 aliphatic carbocycles. The zero-order valence-electron chi connectivity index (χ0n) is 12.7. The standard InChI is InChI=1S/C15H21NO4S/c1-4-19-15(18)13-10-6-5-7-11(10)21-14(13)16-12(17)8-20-9(2)3/h9H,4-8H2,1-3H3,(H,16,17). The summed E-state index contributed by atoms with van der Waals surface area (Å²) in [6.07, 6.45) is 2.88. The van der Waals surface area contributed by atoms with Gasteiger partial charge in [-0.2, -0.15) is 0 Å². The van der Waals surface area contributed by atoms with Crippen LogP contribution >= 0.6 is 11.3 Å². The van der Waals surface area contributed by atoms with Crippen LogP contribution in [0.2, 0.25) is 0 Å². The number of amides is 1. The maximum Gasteiger partial charge on any atom is 0.341 e. The van der Waals surface area contributed by atoms with E-state index < -0.39 is 0 Å². The minimum Gasteiger partial charge on any atom is -0.462 e. The van der Waals surface area contributed by atoms with Crippen molar-refractivity contribution in [3.63, 3.8) is 0 Å². The number of thiophene rings is 1. The SMILES string of the molecule is CCOC(=O)c1c(NC(=O)COC(C)C)sc2c1CCC2. The van der Waals surface area contributed by atoms with E-state index in [9.17, 15) is 9.59 Å². The predicted molar refractivity (Wildman–Crippen MR) is 82.0 cm³/mol. The molecule has 0 saturated carbocycles. The third-order valence-corrected chi connectivity index (χ3v) is 4.41. The van der Waals surface area contributed by atoms with E-state index in [-0.39, 0.29) is 24.6 Å². The van der Waals surface area contributed by atoms with Gasteiger partial charge in [0.25, 0.3) is 5.91 Å². The minimum atomic E-state index is -0.350. The summed E-state index contributed by atoms with van der Waals surface area (Å²) in [6.45, 7) is 5.84. The van der Waals surface area contributed by atoms with Gasteiger partial charge in [0.15, 0.2) is 0 Å². The van der Waals surface area contributed by atoms with Gasteiger partial charge in [-0.1, -0.05) is 0 Å². The highest BCUT2D eigenvalue weighted by molar-refractivity contribution is 7.17. The first-order chi connectivity index (χ1) is 10.0. The zero-order chi connectivity index (χ0) is 15.4. The second-order valence-electron chi connectivity index (χ2n) is 5.19. The fourth-order valence-corrected chi connectivity index (χ4v) is 3.61. The molecule has 0 radical (unpaired) electrons. The molecule has 1 N–H and O–H groups in total. The molecule has 0 unspecified atom stereocenters. The summed E-state index contributed by atoms with van der Waals surface area (Å²) in [6, 6.07) is 0. The van der Waals surface area contributed by atoms with Gasteiger partial charge in [0.05, 0.1) is 18.3 Å². The normalized spacial score (nSPS) is 13.3. The first-order valence-electron chi connectivity index (χ1n) is 7.26. The summed E-state index contributed by atoms with van der Waals surface area (Å²) in [4.78, 5) is 25.2. The van der Waals surface area contributed by atoms with Crippen LogP contribution in [-0.2, 0) is 27.1 Å². The summed E-state index contributed by atoms with van der Waals surface area (Å²) in [7, 11) is 0. The number of rotatable bonds is 6. The van der Waals surface area contributed by atoms with Gasteiger partial charge < -0.3 is 14.8 Å². The molecule has 5 nitrogen and oxygen atoms in total. The van der Waals surface area contributed by atoms with Gasteiger partial charge in [0.2, 0.25) is 0 Å². The molecule has 1 aromatic heterocycles. The number of hydrogen-bond acceptors (Lipinski definition) is 5. The number of fused-ring (bicyclic) bond motifs is 1. The Kier molecular flexibility index (Phi) is 5.36. The first kappa shape index (κ1) is 16.0. The molecule has 1 aromatic rings. The van der Waals surface area contributed by atoms with Gasteiger partial charge in [0, 0.05) is 4.88 Å². The van der Waals surface area contributed by atoms with E-state index >= 15 is 0 Å². The highest BCUT2D eigenvalue weighted by Crippen LogP contribution is 2.39. The lowest BCUT2D eigenvalue weighted by Gasteiger charge is -2.09. The molecular formula is C15H21NO4S. The van der Waals surface area contributed by atoms with Crippen LogP contribution in [0.25, 0.3) is 0 Å². The number of esters is 1. The van der Waals surface area contributed by atoms with Crippen molar-refractivity contribution in [1.29, 1.82) is 0 Å². The van der Waals surface area contributed by atoms with Crippen LogP contribution in [0.3, 0.4) is 0 Å². The molecule has 6 heteroatoms. The maximum atomic E-state index is 12.1. The van der Waals surface area contributed by atoms with Crippen molar-refractivity contribution in [1.82, 2.24) is 0 Å². The summed E-state index contributed by atoms with van der Waals surface area (Å²) < 4.78 is 10.4. The number of nitrogens with one attached hydrogen (secondary N) is 1. The first-order valence-corrected chi connectivity index (χ1v) is 8.07. The van der Waals surface area contributed by atoms with Crippen molar-refractivity contribution >= 4 is 28.2 Å². The lowest BCUT2D eigenvalue weighted by atomic mass is 10.1. The third-order valence-electron chi connectivity index (χ3n) is 3.20. The molecule has 1 aliphatic rings. The van der Waals surface area contributed by atoms with Crippen LogP contribution in [0.1, 0.15) is 48.0 Å². The fraction of sp³-hybridized carbons (Fsp3) is 0.600. The molecule has 2 rings (SSSR count). The molecule has 116 valence electrons. The van der Waals surface area contributed by atoms with Crippen LogP contribution in [-0.4, -0.2) is 31.2 Å². The van der Waals surface area contributed by atoms with Crippen molar-refractivity contribution in [2.45, 2.75) is 46.1 Å². The van der Waals surface area contributed by atoms with Crippen LogP contribution < -0.4 is 5.32 Å². The summed E-state index contributed by atoms with van der Waals surface area (Å²) >= 11 is 1.48. The molecule has 0 aromatic carbocycles. The van der Waals surface area contributed by atoms with Crippen molar-refractivity contribution in [3.8, 4) is 0 Å². The van der Waals surface area contributed by atoms with Gasteiger partial charge in [-0.25, -0.2) is 4.79 Å². The average Bonchev–Trinajstić information content (AvgIpc) is 2.96. The molecule has 1 amide bonds. The summed E-state index contributed by atoms with van der Waals surface area (Å²) in [5, 5.41) is 3.38. The second-order valence-corrected chi connectivity index (χ2v) is 6.30. The molecule has 0 saturated heterocycles. The lowest BCUT2D eigenvalue weighted by Crippen LogP contribution is -2.21. The Morgan fingerprint density at radius 2 is 2.10 bits per heavy atom. The van der Waals surface area contributed by atoms with E-state index in [1.54, 1.807) is 6.92 Å². The van der Waals surface area contributed by atoms with Crippen LogP contribution in [0.15, 0.2) is 0 Å². The smallest absolute Gasteiger partial charge is 0.341 e. The number of aryl methyl sites for hydroxylation is 1. The minimum absolute atomic E-state index is 0.00591. The van der Waals surface area contributed by atoms with Gasteiger partial charge >= 0.3 is 5.97 Å². The Labute approximate surface area is 128 Å². The number of carbonyl (C=O) groups is 2. The second kappa shape index (κ2) is 7.04. The van der Waals surface area contributed by atoms with Crippen molar-refractivity contribution < 1.29 is 19.1 Å². The highest BCUT2D eigenvalue weighted by atomic mass is 32.1. The Bertz CT molecular complexity index is 536.